The van der Waals surface area contributed by atoms with Crippen molar-refractivity contribution >= 4 is 0 Å². The van der Waals surface area contributed by atoms with E-state index in [0.717, 1.165) is 38.4 Å². The molecule has 92 valence electrons. The predicted octanol–water partition coefficient (Wildman–Crippen LogP) is 2.53. The van der Waals surface area contributed by atoms with Crippen LogP contribution in [0.2, 0.25) is 0 Å². The minimum absolute atomic E-state index is 0.850. The van der Waals surface area contributed by atoms with Crippen molar-refractivity contribution < 1.29 is 4.74 Å². The summed E-state index contributed by atoms with van der Waals surface area (Å²) in [4.78, 5) is 2.40. The summed E-state index contributed by atoms with van der Waals surface area (Å²) in [5, 5.41) is 0. The highest BCUT2D eigenvalue weighted by atomic mass is 16.5. The number of ether oxygens (including phenoxy) is 1. The summed E-state index contributed by atoms with van der Waals surface area (Å²) in [7, 11) is 0. The van der Waals surface area contributed by atoms with Gasteiger partial charge in [-0.05, 0) is 17.7 Å². The van der Waals surface area contributed by atoms with Gasteiger partial charge in [-0.3, -0.25) is 4.90 Å². The second-order valence-electron chi connectivity index (χ2n) is 3.73. The van der Waals surface area contributed by atoms with Crippen molar-refractivity contribution in [3.8, 4) is 12.3 Å². The molecule has 0 aromatic heterocycles. The second-order valence-corrected chi connectivity index (χ2v) is 3.73. The van der Waals surface area contributed by atoms with Crippen molar-refractivity contribution in [1.82, 2.24) is 4.90 Å². The normalized spacial score (nSPS) is 15.6. The molecule has 1 saturated heterocycles. The molecule has 0 saturated carbocycles. The van der Waals surface area contributed by atoms with Crippen LogP contribution >= 0.6 is 0 Å². The largest absolute Gasteiger partial charge is 0.379 e. The molecule has 1 heterocycles. The highest BCUT2D eigenvalue weighted by Crippen LogP contribution is 2.08. The van der Waals surface area contributed by atoms with Gasteiger partial charge in [0.05, 0.1) is 13.2 Å². The number of hydrogen-bond donors (Lipinski definition) is 0. The molecule has 2 nitrogen and oxygen atoms in total. The molecule has 1 aliphatic heterocycles. The van der Waals surface area contributed by atoms with Crippen LogP contribution in [0.5, 0.6) is 0 Å². The Morgan fingerprint density at radius 1 is 1.18 bits per heavy atom. The summed E-state index contributed by atoms with van der Waals surface area (Å²) < 4.78 is 5.31. The molecule has 0 bridgehead atoms. The molecular weight excluding hydrogens is 210 g/mol. The first kappa shape index (κ1) is 13.8. The van der Waals surface area contributed by atoms with Crippen LogP contribution in [0.3, 0.4) is 0 Å². The quantitative estimate of drug-likeness (QED) is 0.725. The SMILES string of the molecule is C#Cc1ccc(CN2CCOCC2)cc1.CC. The number of rotatable bonds is 2. The van der Waals surface area contributed by atoms with Gasteiger partial charge >= 0.3 is 0 Å². The predicted molar refractivity (Wildman–Crippen MR) is 71.8 cm³/mol. The standard InChI is InChI=1S/C13H15NO.C2H6/c1-2-12-3-5-13(6-4-12)11-14-7-9-15-10-8-14;1-2/h1,3-6H,7-11H2;1-2H3. The van der Waals surface area contributed by atoms with Crippen LogP contribution in [0.1, 0.15) is 25.0 Å². The topological polar surface area (TPSA) is 12.5 Å². The van der Waals surface area contributed by atoms with Crippen molar-refractivity contribution in [2.75, 3.05) is 26.3 Å². The number of nitrogens with zero attached hydrogens (tertiary/aromatic N) is 1. The fourth-order valence-corrected chi connectivity index (χ4v) is 1.72. The molecule has 1 aromatic carbocycles. The third-order valence-corrected chi connectivity index (χ3v) is 2.63. The molecule has 1 aromatic rings. The highest BCUT2D eigenvalue weighted by molar-refractivity contribution is 5.34. The van der Waals surface area contributed by atoms with Crippen molar-refractivity contribution in [3.05, 3.63) is 35.4 Å². The average Bonchev–Trinajstić information content (AvgIpc) is 2.43. The number of morpholine rings is 1. The molecule has 2 heteroatoms. The van der Waals surface area contributed by atoms with Crippen LogP contribution in [0.4, 0.5) is 0 Å². The van der Waals surface area contributed by atoms with Gasteiger partial charge in [0.1, 0.15) is 0 Å². The Morgan fingerprint density at radius 3 is 2.29 bits per heavy atom. The van der Waals surface area contributed by atoms with E-state index in [4.69, 9.17) is 11.2 Å². The van der Waals surface area contributed by atoms with Crippen LogP contribution < -0.4 is 0 Å². The lowest BCUT2D eigenvalue weighted by atomic mass is 10.1. The van der Waals surface area contributed by atoms with Crippen LogP contribution in [-0.4, -0.2) is 31.2 Å². The molecule has 2 rings (SSSR count). The lowest BCUT2D eigenvalue weighted by molar-refractivity contribution is 0.0342. The smallest absolute Gasteiger partial charge is 0.0594 e. The van der Waals surface area contributed by atoms with Gasteiger partial charge in [0.25, 0.3) is 0 Å². The Hall–Kier alpha value is -1.30. The van der Waals surface area contributed by atoms with Gasteiger partial charge in [-0.1, -0.05) is 31.9 Å². The molecule has 0 amide bonds. The average molecular weight is 231 g/mol. The van der Waals surface area contributed by atoms with Crippen LogP contribution in [0, 0.1) is 12.3 Å². The monoisotopic (exact) mass is 231 g/mol. The first-order valence-corrected chi connectivity index (χ1v) is 6.24. The zero-order valence-electron chi connectivity index (χ0n) is 10.8. The van der Waals surface area contributed by atoms with E-state index in [0.29, 0.717) is 0 Å². The van der Waals surface area contributed by atoms with Crippen LogP contribution in [0.25, 0.3) is 0 Å². The van der Waals surface area contributed by atoms with Gasteiger partial charge in [-0.25, -0.2) is 0 Å². The minimum Gasteiger partial charge on any atom is -0.379 e. The summed E-state index contributed by atoms with van der Waals surface area (Å²) in [6.07, 6.45) is 5.31. The van der Waals surface area contributed by atoms with Crippen LogP contribution in [-0.2, 0) is 11.3 Å². The van der Waals surface area contributed by atoms with Crippen molar-refractivity contribution in [2.45, 2.75) is 20.4 Å². The molecule has 0 unspecified atom stereocenters. The molecule has 1 fully saturated rings. The molecule has 0 N–H and O–H groups in total. The third-order valence-electron chi connectivity index (χ3n) is 2.63. The van der Waals surface area contributed by atoms with Gasteiger partial charge in [0, 0.05) is 25.2 Å². The maximum absolute atomic E-state index is 5.31. The molecular formula is C15H21NO. The maximum atomic E-state index is 5.31. The van der Waals surface area contributed by atoms with E-state index < -0.39 is 0 Å². The third kappa shape index (κ3) is 4.60. The number of hydrogen-bond acceptors (Lipinski definition) is 2. The Kier molecular flexibility index (Phi) is 6.39. The van der Waals surface area contributed by atoms with E-state index in [-0.39, 0.29) is 0 Å². The van der Waals surface area contributed by atoms with Crippen molar-refractivity contribution in [1.29, 1.82) is 0 Å². The van der Waals surface area contributed by atoms with Gasteiger partial charge in [-0.2, -0.15) is 0 Å². The van der Waals surface area contributed by atoms with E-state index in [2.05, 4.69) is 23.0 Å². The van der Waals surface area contributed by atoms with E-state index in [1.54, 1.807) is 0 Å². The molecule has 0 radical (unpaired) electrons. The van der Waals surface area contributed by atoms with Crippen molar-refractivity contribution in [2.24, 2.45) is 0 Å². The van der Waals surface area contributed by atoms with Crippen molar-refractivity contribution in [3.63, 3.8) is 0 Å². The van der Waals surface area contributed by atoms with Gasteiger partial charge in [-0.15, -0.1) is 6.42 Å². The number of benzene rings is 1. The summed E-state index contributed by atoms with van der Waals surface area (Å²) in [6.45, 7) is 8.74. The molecule has 17 heavy (non-hydrogen) atoms. The fraction of sp³-hybridized carbons (Fsp3) is 0.467. The summed E-state index contributed by atoms with van der Waals surface area (Å²) >= 11 is 0. The van der Waals surface area contributed by atoms with Gasteiger partial charge in [0.15, 0.2) is 0 Å². The Labute approximate surface area is 105 Å². The van der Waals surface area contributed by atoms with Gasteiger partial charge in [0.2, 0.25) is 0 Å². The Bertz CT molecular complexity index is 344. The molecule has 0 atom stereocenters. The summed E-state index contributed by atoms with van der Waals surface area (Å²) in [5.41, 5.74) is 2.26. The minimum atomic E-state index is 0.850. The zero-order chi connectivity index (χ0) is 12.5. The van der Waals surface area contributed by atoms with Crippen LogP contribution in [0.15, 0.2) is 24.3 Å². The summed E-state index contributed by atoms with van der Waals surface area (Å²) in [6, 6.07) is 8.20. The molecule has 0 spiro atoms. The summed E-state index contributed by atoms with van der Waals surface area (Å²) in [5.74, 6) is 2.62. The fourth-order valence-electron chi connectivity index (χ4n) is 1.72. The van der Waals surface area contributed by atoms with E-state index in [1.165, 1.54) is 5.56 Å². The van der Waals surface area contributed by atoms with E-state index >= 15 is 0 Å². The Balaban J connectivity index is 0.000000686. The van der Waals surface area contributed by atoms with E-state index in [9.17, 15) is 0 Å². The second kappa shape index (κ2) is 7.89. The first-order chi connectivity index (χ1) is 8.38. The lowest BCUT2D eigenvalue weighted by Gasteiger charge is -2.26. The molecule has 1 aliphatic rings. The number of terminal acetylenes is 1. The van der Waals surface area contributed by atoms with Gasteiger partial charge < -0.3 is 4.74 Å². The Morgan fingerprint density at radius 2 is 1.76 bits per heavy atom. The maximum Gasteiger partial charge on any atom is 0.0594 e. The van der Waals surface area contributed by atoms with E-state index in [1.807, 2.05) is 26.0 Å². The zero-order valence-corrected chi connectivity index (χ0v) is 10.8. The molecule has 0 aliphatic carbocycles. The lowest BCUT2D eigenvalue weighted by Crippen LogP contribution is -2.35. The first-order valence-electron chi connectivity index (χ1n) is 6.24. The highest BCUT2D eigenvalue weighted by Gasteiger charge is 2.09.